The monoisotopic (exact) mass is 591 g/mol. The number of carbonyl (C=O) groups is 2. The third-order valence-electron chi connectivity index (χ3n) is 7.73. The molecule has 1 aliphatic heterocycles. The van der Waals surface area contributed by atoms with Gasteiger partial charge >= 0.3 is 5.97 Å². The number of pyridine rings is 1. The molecule has 1 saturated heterocycles. The van der Waals surface area contributed by atoms with E-state index < -0.39 is 23.6 Å². The van der Waals surface area contributed by atoms with E-state index in [1.54, 1.807) is 39.8 Å². The number of hydrogen-bond donors (Lipinski definition) is 2. The van der Waals surface area contributed by atoms with Crippen LogP contribution < -0.4 is 15.4 Å². The Morgan fingerprint density at radius 3 is 2.21 bits per heavy atom. The van der Waals surface area contributed by atoms with Gasteiger partial charge in [0, 0.05) is 36.3 Å². The van der Waals surface area contributed by atoms with Crippen LogP contribution in [-0.2, 0) is 16.0 Å². The second-order valence-corrected chi connectivity index (χ2v) is 12.9. The van der Waals surface area contributed by atoms with Crippen molar-refractivity contribution in [3.8, 4) is 16.9 Å². The summed E-state index contributed by atoms with van der Waals surface area (Å²) >= 11 is 0. The van der Waals surface area contributed by atoms with Gasteiger partial charge < -0.3 is 25.2 Å². The molecule has 3 N–H and O–H groups in total. The molecule has 1 atom stereocenters. The molecule has 2 heterocycles. The molecule has 8 nitrogen and oxygen atoms in total. The van der Waals surface area contributed by atoms with Crippen LogP contribution in [0, 0.1) is 18.2 Å². The van der Waals surface area contributed by atoms with Gasteiger partial charge in [0.1, 0.15) is 17.3 Å². The highest BCUT2D eigenvalue weighted by atomic mass is 19.1. The minimum Gasteiger partial charge on any atom is -0.493 e. The Hall–Kier alpha value is -3.98. The first-order valence-corrected chi connectivity index (χ1v) is 14.6. The molecule has 1 fully saturated rings. The van der Waals surface area contributed by atoms with E-state index in [-0.39, 0.29) is 22.5 Å². The summed E-state index contributed by atoms with van der Waals surface area (Å²) in [6.45, 7) is 13.3. The number of piperidine rings is 1. The topological polar surface area (TPSA) is 115 Å². The number of anilines is 1. The van der Waals surface area contributed by atoms with Gasteiger partial charge in [0.05, 0.1) is 17.9 Å². The number of carboxylic acid groups (broad SMARTS) is 1. The highest BCUT2D eigenvalue weighted by molar-refractivity contribution is 5.99. The third-order valence-corrected chi connectivity index (χ3v) is 7.73. The van der Waals surface area contributed by atoms with E-state index in [0.717, 1.165) is 29.5 Å². The summed E-state index contributed by atoms with van der Waals surface area (Å²) in [7, 11) is 0. The lowest BCUT2D eigenvalue weighted by molar-refractivity contribution is -0.160. The smallest absolute Gasteiger partial charge is 0.337 e. The first-order chi connectivity index (χ1) is 20.1. The maximum atomic E-state index is 13.2. The van der Waals surface area contributed by atoms with Crippen molar-refractivity contribution < 1.29 is 28.6 Å². The SMILES string of the molecule is Cc1nc(C(N)=O)c([C@H](OC(C)(C)C)C(=O)O)c(N2CCC(C)(C)CC2)c1-c1ccc(OCCc2ccc(F)cc2)cc1. The zero-order valence-corrected chi connectivity index (χ0v) is 25.9. The summed E-state index contributed by atoms with van der Waals surface area (Å²) in [5.41, 5.74) is 8.88. The van der Waals surface area contributed by atoms with E-state index in [0.29, 0.717) is 43.2 Å². The minimum atomic E-state index is -1.46. The number of nitrogens with two attached hydrogens (primary N) is 1. The summed E-state index contributed by atoms with van der Waals surface area (Å²) in [4.78, 5) is 32.2. The Bertz CT molecular complexity index is 1450. The van der Waals surface area contributed by atoms with Crippen molar-refractivity contribution in [3.63, 3.8) is 0 Å². The van der Waals surface area contributed by atoms with Crippen LogP contribution >= 0.6 is 0 Å². The van der Waals surface area contributed by atoms with E-state index in [9.17, 15) is 19.1 Å². The maximum absolute atomic E-state index is 13.2. The van der Waals surface area contributed by atoms with Gasteiger partial charge in [0.15, 0.2) is 6.10 Å². The van der Waals surface area contributed by atoms with Crippen LogP contribution in [0.5, 0.6) is 5.75 Å². The Kier molecular flexibility index (Phi) is 9.44. The van der Waals surface area contributed by atoms with E-state index in [2.05, 4.69) is 23.7 Å². The number of carbonyl (C=O) groups excluding carboxylic acids is 1. The lowest BCUT2D eigenvalue weighted by Gasteiger charge is -2.41. The molecule has 0 bridgehead atoms. The van der Waals surface area contributed by atoms with E-state index in [1.807, 2.05) is 24.3 Å². The Morgan fingerprint density at radius 2 is 1.67 bits per heavy atom. The van der Waals surface area contributed by atoms with E-state index >= 15 is 0 Å². The third kappa shape index (κ3) is 7.90. The fourth-order valence-electron chi connectivity index (χ4n) is 5.39. The van der Waals surface area contributed by atoms with Crippen molar-refractivity contribution in [1.29, 1.82) is 0 Å². The number of nitrogens with zero attached hydrogens (tertiary/aromatic N) is 2. The van der Waals surface area contributed by atoms with Gasteiger partial charge in [-0.1, -0.05) is 38.1 Å². The molecule has 0 unspecified atom stereocenters. The molecule has 9 heteroatoms. The molecule has 2 aromatic carbocycles. The molecule has 3 aromatic rings. The Balaban J connectivity index is 1.78. The van der Waals surface area contributed by atoms with Crippen molar-refractivity contribution in [2.24, 2.45) is 11.1 Å². The highest BCUT2D eigenvalue weighted by Crippen LogP contribution is 2.45. The van der Waals surface area contributed by atoms with Gasteiger partial charge in [-0.3, -0.25) is 4.79 Å². The number of carboxylic acids is 1. The van der Waals surface area contributed by atoms with Crippen molar-refractivity contribution in [3.05, 3.63) is 76.9 Å². The largest absolute Gasteiger partial charge is 0.493 e. The number of aryl methyl sites for hydroxylation is 1. The number of rotatable bonds is 10. The summed E-state index contributed by atoms with van der Waals surface area (Å²) in [5.74, 6) is -1.65. The molecule has 43 heavy (non-hydrogen) atoms. The summed E-state index contributed by atoms with van der Waals surface area (Å²) in [6.07, 6.45) is 0.937. The molecule has 1 aliphatic rings. The van der Waals surface area contributed by atoms with Gasteiger partial charge in [-0.25, -0.2) is 14.2 Å². The molecule has 0 saturated carbocycles. The second kappa shape index (κ2) is 12.7. The Morgan fingerprint density at radius 1 is 1.07 bits per heavy atom. The fourth-order valence-corrected chi connectivity index (χ4v) is 5.39. The maximum Gasteiger partial charge on any atom is 0.337 e. The molecule has 0 spiro atoms. The number of hydrogen-bond acceptors (Lipinski definition) is 6. The average molecular weight is 592 g/mol. The quantitative estimate of drug-likeness (QED) is 0.277. The molecular weight excluding hydrogens is 549 g/mol. The van der Waals surface area contributed by atoms with Crippen molar-refractivity contribution in [2.45, 2.75) is 72.5 Å². The number of ether oxygens (including phenoxy) is 2. The molecule has 4 rings (SSSR count). The Labute approximate surface area is 253 Å². The molecule has 0 aliphatic carbocycles. The molecule has 1 aromatic heterocycles. The second-order valence-electron chi connectivity index (χ2n) is 12.9. The number of benzene rings is 2. The standard InChI is InChI=1S/C34H42FN3O5/c1-21-26(23-9-13-25(14-10-23)42-20-15-22-7-11-24(35)12-8-22)29(38-18-16-34(5,6)17-19-38)27(28(37-21)31(36)39)30(32(40)41)43-33(2,3)4/h7-14,30H,15-20H2,1-6H3,(H2,36,39)(H,40,41)/t30-/m0/s1. The normalized spacial score (nSPS) is 15.7. The van der Waals surface area contributed by atoms with Crippen LogP contribution in [0.4, 0.5) is 10.1 Å². The number of primary amides is 1. The lowest BCUT2D eigenvalue weighted by atomic mass is 9.81. The zero-order valence-electron chi connectivity index (χ0n) is 25.9. The first-order valence-electron chi connectivity index (χ1n) is 14.6. The van der Waals surface area contributed by atoms with Crippen molar-refractivity contribution in [2.75, 3.05) is 24.6 Å². The number of halogens is 1. The van der Waals surface area contributed by atoms with E-state index in [4.69, 9.17) is 15.2 Å². The van der Waals surface area contributed by atoms with Crippen LogP contribution in [0.2, 0.25) is 0 Å². The number of amides is 1. The van der Waals surface area contributed by atoms with Crippen LogP contribution in [0.15, 0.2) is 48.5 Å². The average Bonchev–Trinajstić information content (AvgIpc) is 2.92. The van der Waals surface area contributed by atoms with Crippen molar-refractivity contribution in [1.82, 2.24) is 4.98 Å². The van der Waals surface area contributed by atoms with Crippen LogP contribution in [0.25, 0.3) is 11.1 Å². The first kappa shape index (κ1) is 31.9. The minimum absolute atomic E-state index is 0.0986. The predicted octanol–water partition coefficient (Wildman–Crippen LogP) is 6.48. The number of aliphatic carboxylic acids is 1. The fraction of sp³-hybridized carbons (Fsp3) is 0.441. The lowest BCUT2D eigenvalue weighted by Crippen LogP contribution is -2.40. The van der Waals surface area contributed by atoms with Crippen LogP contribution in [0.3, 0.4) is 0 Å². The van der Waals surface area contributed by atoms with Crippen LogP contribution in [0.1, 0.15) is 80.9 Å². The molecule has 230 valence electrons. The van der Waals surface area contributed by atoms with Crippen molar-refractivity contribution >= 4 is 17.6 Å². The van der Waals surface area contributed by atoms with Gasteiger partial charge in [0.25, 0.3) is 5.91 Å². The summed E-state index contributed by atoms with van der Waals surface area (Å²) in [6, 6.07) is 13.9. The molecule has 1 amide bonds. The predicted molar refractivity (Wildman–Crippen MR) is 165 cm³/mol. The molecular formula is C34H42FN3O5. The van der Waals surface area contributed by atoms with E-state index in [1.165, 1.54) is 12.1 Å². The van der Waals surface area contributed by atoms with Crippen LogP contribution in [-0.4, -0.2) is 47.3 Å². The van der Waals surface area contributed by atoms with Gasteiger partial charge in [-0.2, -0.15) is 0 Å². The summed E-state index contributed by atoms with van der Waals surface area (Å²) < 4.78 is 25.2. The van der Waals surface area contributed by atoms with Gasteiger partial charge in [-0.15, -0.1) is 0 Å². The highest BCUT2D eigenvalue weighted by Gasteiger charge is 2.38. The zero-order chi connectivity index (χ0) is 31.5. The molecule has 0 radical (unpaired) electrons. The van der Waals surface area contributed by atoms with Gasteiger partial charge in [0.2, 0.25) is 0 Å². The summed E-state index contributed by atoms with van der Waals surface area (Å²) in [5, 5.41) is 10.4. The number of aromatic nitrogens is 1. The van der Waals surface area contributed by atoms with Gasteiger partial charge in [-0.05, 0) is 81.3 Å².